The fraction of sp³-hybridized carbons (Fsp3) is 0.250. The average Bonchev–Trinajstić information content (AvgIpc) is 2.80. The summed E-state index contributed by atoms with van der Waals surface area (Å²) in [6, 6.07) is 4.98. The maximum Gasteiger partial charge on any atom is 0.334 e. The summed E-state index contributed by atoms with van der Waals surface area (Å²) in [5.41, 5.74) is 0.389. The Bertz CT molecular complexity index is 550. The van der Waals surface area contributed by atoms with Gasteiger partial charge in [-0.05, 0) is 26.0 Å². The Morgan fingerprint density at radius 1 is 1.44 bits per heavy atom. The molecule has 1 aromatic heterocycles. The van der Waals surface area contributed by atoms with Gasteiger partial charge in [0.25, 0.3) is 0 Å². The van der Waals surface area contributed by atoms with Gasteiger partial charge in [0.15, 0.2) is 5.75 Å². The van der Waals surface area contributed by atoms with Crippen LogP contribution in [0.1, 0.15) is 13.8 Å². The molecule has 1 heterocycles. The van der Waals surface area contributed by atoms with E-state index in [-0.39, 0.29) is 17.5 Å². The van der Waals surface area contributed by atoms with Gasteiger partial charge in [0.05, 0.1) is 17.4 Å². The number of hydrogen-bond donors (Lipinski definition) is 0. The molecule has 0 aliphatic heterocycles. The Morgan fingerprint density at radius 3 is 2.78 bits per heavy atom. The maximum atomic E-state index is 11.2. The Balaban J connectivity index is 2.56. The Hall–Kier alpha value is -2.37. The lowest BCUT2D eigenvalue weighted by Gasteiger charge is -2.12. The van der Waals surface area contributed by atoms with Gasteiger partial charge in [-0.15, -0.1) is 0 Å². The first-order valence-corrected chi connectivity index (χ1v) is 5.52. The van der Waals surface area contributed by atoms with Crippen molar-refractivity contribution < 1.29 is 9.66 Å². The zero-order chi connectivity index (χ0) is 13.1. The molecule has 0 amide bonds. The molecule has 94 valence electrons. The van der Waals surface area contributed by atoms with E-state index in [1.54, 1.807) is 35.2 Å². The minimum absolute atomic E-state index is 0.0517. The predicted octanol–water partition coefficient (Wildman–Crippen LogP) is 2.57. The Kier molecular flexibility index (Phi) is 3.27. The number of benzene rings is 1. The molecule has 2 aromatic rings. The van der Waals surface area contributed by atoms with E-state index in [1.165, 1.54) is 6.33 Å². The molecule has 18 heavy (non-hydrogen) atoms. The van der Waals surface area contributed by atoms with Gasteiger partial charge in [-0.2, -0.15) is 0 Å². The minimum atomic E-state index is -0.437. The number of ether oxygens (including phenoxy) is 1. The lowest BCUT2D eigenvalue weighted by atomic mass is 10.2. The van der Waals surface area contributed by atoms with Crippen molar-refractivity contribution >= 4 is 5.69 Å². The third-order valence-corrected chi connectivity index (χ3v) is 2.31. The smallest absolute Gasteiger partial charge is 0.334 e. The van der Waals surface area contributed by atoms with Crippen LogP contribution in [0.5, 0.6) is 5.75 Å². The number of nitro benzene ring substituents is 1. The van der Waals surface area contributed by atoms with Crippen LogP contribution in [0.3, 0.4) is 0 Å². The number of nitrogens with zero attached hydrogens (tertiary/aromatic N) is 3. The molecule has 1 aromatic carbocycles. The zero-order valence-electron chi connectivity index (χ0n) is 10.1. The largest absolute Gasteiger partial charge is 0.484 e. The third kappa shape index (κ3) is 2.32. The number of rotatable bonds is 4. The van der Waals surface area contributed by atoms with E-state index in [4.69, 9.17) is 4.74 Å². The number of imidazole rings is 1. The summed E-state index contributed by atoms with van der Waals surface area (Å²) < 4.78 is 7.06. The molecule has 2 rings (SSSR count). The molecule has 0 saturated heterocycles. The van der Waals surface area contributed by atoms with E-state index in [9.17, 15) is 10.1 Å². The number of hydrogen-bond acceptors (Lipinski definition) is 4. The third-order valence-electron chi connectivity index (χ3n) is 2.31. The highest BCUT2D eigenvalue weighted by molar-refractivity contribution is 5.61. The lowest BCUT2D eigenvalue weighted by molar-refractivity contribution is -0.385. The quantitative estimate of drug-likeness (QED) is 0.615. The minimum Gasteiger partial charge on any atom is -0.484 e. The van der Waals surface area contributed by atoms with Crippen LogP contribution in [0.25, 0.3) is 5.69 Å². The van der Waals surface area contributed by atoms with Crippen LogP contribution in [0.2, 0.25) is 0 Å². The molecular formula is C12H13N3O3. The van der Waals surface area contributed by atoms with Gasteiger partial charge in [-0.3, -0.25) is 10.1 Å². The fourth-order valence-corrected chi connectivity index (χ4v) is 1.65. The maximum absolute atomic E-state index is 11.2. The molecule has 0 aliphatic rings. The number of para-hydroxylation sites is 1. The summed E-state index contributed by atoms with van der Waals surface area (Å²) in [5.74, 6) is 0.265. The molecule has 0 spiro atoms. The lowest BCUT2D eigenvalue weighted by Crippen LogP contribution is -2.09. The van der Waals surface area contributed by atoms with E-state index in [1.807, 2.05) is 13.8 Å². The van der Waals surface area contributed by atoms with Crippen LogP contribution in [0.4, 0.5) is 5.69 Å². The van der Waals surface area contributed by atoms with Gasteiger partial charge < -0.3 is 9.30 Å². The summed E-state index contributed by atoms with van der Waals surface area (Å²) in [6.07, 6.45) is 4.62. The molecule has 6 heteroatoms. The Labute approximate surface area is 104 Å². The van der Waals surface area contributed by atoms with Gasteiger partial charge in [0, 0.05) is 12.4 Å². The van der Waals surface area contributed by atoms with Crippen LogP contribution in [-0.2, 0) is 0 Å². The number of nitro groups is 1. The van der Waals surface area contributed by atoms with Crippen molar-refractivity contribution in [3.63, 3.8) is 0 Å². The van der Waals surface area contributed by atoms with Gasteiger partial charge in [-0.25, -0.2) is 4.98 Å². The summed E-state index contributed by atoms with van der Waals surface area (Å²) in [4.78, 5) is 14.7. The van der Waals surface area contributed by atoms with Gasteiger partial charge in [-0.1, -0.05) is 6.07 Å². The summed E-state index contributed by atoms with van der Waals surface area (Å²) in [6.45, 7) is 3.65. The fourth-order valence-electron chi connectivity index (χ4n) is 1.65. The first-order chi connectivity index (χ1) is 8.59. The average molecular weight is 247 g/mol. The van der Waals surface area contributed by atoms with E-state index in [0.717, 1.165) is 0 Å². The summed E-state index contributed by atoms with van der Waals surface area (Å²) in [5, 5.41) is 11.2. The van der Waals surface area contributed by atoms with Gasteiger partial charge in [0.2, 0.25) is 0 Å². The van der Waals surface area contributed by atoms with Crippen molar-refractivity contribution in [2.24, 2.45) is 0 Å². The van der Waals surface area contributed by atoms with Crippen molar-refractivity contribution in [3.05, 3.63) is 47.0 Å². The van der Waals surface area contributed by atoms with E-state index >= 15 is 0 Å². The van der Waals surface area contributed by atoms with Crippen LogP contribution < -0.4 is 4.74 Å². The zero-order valence-corrected chi connectivity index (χ0v) is 10.1. The van der Waals surface area contributed by atoms with E-state index < -0.39 is 4.92 Å². The van der Waals surface area contributed by atoms with Crippen molar-refractivity contribution in [1.29, 1.82) is 0 Å². The molecule has 0 fully saturated rings. The molecule has 0 bridgehead atoms. The first kappa shape index (κ1) is 12.1. The molecule has 0 atom stereocenters. The molecule has 0 aliphatic carbocycles. The Morgan fingerprint density at radius 2 is 2.22 bits per heavy atom. The van der Waals surface area contributed by atoms with Crippen LogP contribution in [0.15, 0.2) is 36.9 Å². The molecule has 6 nitrogen and oxygen atoms in total. The van der Waals surface area contributed by atoms with Crippen molar-refractivity contribution in [1.82, 2.24) is 9.55 Å². The summed E-state index contributed by atoms with van der Waals surface area (Å²) in [7, 11) is 0. The van der Waals surface area contributed by atoms with Crippen LogP contribution >= 0.6 is 0 Å². The second-order valence-electron chi connectivity index (χ2n) is 4.02. The van der Waals surface area contributed by atoms with Crippen molar-refractivity contribution in [3.8, 4) is 11.4 Å². The van der Waals surface area contributed by atoms with Crippen LogP contribution in [-0.4, -0.2) is 20.6 Å². The van der Waals surface area contributed by atoms with Gasteiger partial charge in [0.1, 0.15) is 5.69 Å². The van der Waals surface area contributed by atoms with E-state index in [2.05, 4.69) is 4.98 Å². The molecule has 0 radical (unpaired) electrons. The highest BCUT2D eigenvalue weighted by Gasteiger charge is 2.22. The second-order valence-corrected chi connectivity index (χ2v) is 4.02. The summed E-state index contributed by atoms with van der Waals surface area (Å²) >= 11 is 0. The topological polar surface area (TPSA) is 70.2 Å². The highest BCUT2D eigenvalue weighted by Crippen LogP contribution is 2.33. The van der Waals surface area contributed by atoms with Crippen LogP contribution in [0, 0.1) is 10.1 Å². The number of aromatic nitrogens is 2. The van der Waals surface area contributed by atoms with E-state index in [0.29, 0.717) is 5.69 Å². The highest BCUT2D eigenvalue weighted by atomic mass is 16.6. The second kappa shape index (κ2) is 4.87. The van der Waals surface area contributed by atoms with Crippen molar-refractivity contribution in [2.75, 3.05) is 0 Å². The predicted molar refractivity (Wildman–Crippen MR) is 66.0 cm³/mol. The molecule has 0 saturated carbocycles. The normalized spacial score (nSPS) is 10.6. The van der Waals surface area contributed by atoms with Crippen molar-refractivity contribution in [2.45, 2.75) is 20.0 Å². The molecule has 0 unspecified atom stereocenters. The standard InChI is InChI=1S/C12H13N3O3/c1-9(2)18-11-5-3-4-10(12(11)15(16)17)14-7-6-13-8-14/h3-9H,1-2H3. The molecular weight excluding hydrogens is 234 g/mol. The monoisotopic (exact) mass is 247 g/mol. The molecule has 0 N–H and O–H groups in total. The SMILES string of the molecule is CC(C)Oc1cccc(-n2ccnc2)c1[N+](=O)[O-]. The first-order valence-electron chi connectivity index (χ1n) is 5.52. The van der Waals surface area contributed by atoms with Gasteiger partial charge >= 0.3 is 5.69 Å².